The number of aliphatic imine (C=N–C) groups is 1. The molecule has 0 radical (unpaired) electrons. The summed E-state index contributed by atoms with van der Waals surface area (Å²) in [5, 5.41) is 7.51. The Morgan fingerprint density at radius 3 is 2.46 bits per heavy atom. The van der Waals surface area contributed by atoms with Crippen LogP contribution in [-0.2, 0) is 4.74 Å². The van der Waals surface area contributed by atoms with Crippen molar-refractivity contribution in [1.82, 2.24) is 10.6 Å². The Kier molecular flexibility index (Phi) is 6.00. The van der Waals surface area contributed by atoms with E-state index < -0.39 is 0 Å². The van der Waals surface area contributed by atoms with Crippen LogP contribution >= 0.6 is 24.0 Å². The normalized spacial score (nSPS) is 40.1. The van der Waals surface area contributed by atoms with Crippen molar-refractivity contribution in [3.63, 3.8) is 0 Å². The number of nitrogens with zero attached hydrogens (tertiary/aromatic N) is 1. The summed E-state index contributed by atoms with van der Waals surface area (Å²) in [7, 11) is 1.92. The molecule has 4 fully saturated rings. The fourth-order valence-corrected chi connectivity index (χ4v) is 5.68. The molecule has 24 heavy (non-hydrogen) atoms. The summed E-state index contributed by atoms with van der Waals surface area (Å²) in [4.78, 5) is 4.53. The van der Waals surface area contributed by atoms with Gasteiger partial charge in [-0.25, -0.2) is 0 Å². The molecule has 3 saturated carbocycles. The van der Waals surface area contributed by atoms with E-state index in [2.05, 4.69) is 22.5 Å². The number of nitrogens with one attached hydrogen (secondary N) is 2. The molecule has 0 aromatic carbocycles. The van der Waals surface area contributed by atoms with Crippen molar-refractivity contribution in [2.24, 2.45) is 22.2 Å². The molecular formula is C19H34IN3O. The van der Waals surface area contributed by atoms with Crippen LogP contribution in [0.15, 0.2) is 4.99 Å². The van der Waals surface area contributed by atoms with E-state index in [0.717, 1.165) is 18.5 Å². The SMILES string of the molecule is CCC1CCC(NC(=NC)NC2C3CCOC3C23CCC3)CC1.I. The molecule has 0 aromatic heterocycles. The van der Waals surface area contributed by atoms with Crippen molar-refractivity contribution in [3.8, 4) is 0 Å². The Morgan fingerprint density at radius 1 is 1.12 bits per heavy atom. The van der Waals surface area contributed by atoms with Crippen molar-refractivity contribution < 1.29 is 4.74 Å². The van der Waals surface area contributed by atoms with Gasteiger partial charge in [-0.05, 0) is 50.9 Å². The van der Waals surface area contributed by atoms with Gasteiger partial charge in [0.25, 0.3) is 0 Å². The van der Waals surface area contributed by atoms with Crippen molar-refractivity contribution in [2.75, 3.05) is 13.7 Å². The molecule has 4 aliphatic rings. The quantitative estimate of drug-likeness (QED) is 0.394. The van der Waals surface area contributed by atoms with E-state index in [0.29, 0.717) is 29.5 Å². The molecule has 3 aliphatic carbocycles. The van der Waals surface area contributed by atoms with E-state index in [-0.39, 0.29) is 24.0 Å². The number of hydrogen-bond acceptors (Lipinski definition) is 2. The molecule has 0 bridgehead atoms. The molecule has 138 valence electrons. The zero-order valence-corrected chi connectivity index (χ0v) is 17.6. The summed E-state index contributed by atoms with van der Waals surface area (Å²) < 4.78 is 6.03. The third-order valence-electron chi connectivity index (χ3n) is 7.32. The molecule has 3 unspecified atom stereocenters. The average Bonchev–Trinajstić information content (AvgIpc) is 2.95. The zero-order chi connectivity index (χ0) is 15.9. The monoisotopic (exact) mass is 447 g/mol. The van der Waals surface area contributed by atoms with Gasteiger partial charge in [-0.3, -0.25) is 4.99 Å². The van der Waals surface area contributed by atoms with E-state index in [4.69, 9.17) is 4.74 Å². The average molecular weight is 447 g/mol. The Bertz CT molecular complexity index is 458. The lowest BCUT2D eigenvalue weighted by atomic mass is 9.46. The van der Waals surface area contributed by atoms with Crippen molar-refractivity contribution in [1.29, 1.82) is 0 Å². The van der Waals surface area contributed by atoms with Gasteiger partial charge in [-0.1, -0.05) is 19.8 Å². The van der Waals surface area contributed by atoms with Crippen molar-refractivity contribution >= 4 is 29.9 Å². The van der Waals surface area contributed by atoms with Crippen LogP contribution in [0.25, 0.3) is 0 Å². The Labute approximate surface area is 164 Å². The van der Waals surface area contributed by atoms with Gasteiger partial charge in [0.2, 0.25) is 0 Å². The van der Waals surface area contributed by atoms with Gasteiger partial charge in [0, 0.05) is 37.1 Å². The fourth-order valence-electron chi connectivity index (χ4n) is 5.68. The minimum atomic E-state index is 0. The summed E-state index contributed by atoms with van der Waals surface area (Å²) in [6, 6.07) is 1.19. The number of guanidine groups is 1. The summed E-state index contributed by atoms with van der Waals surface area (Å²) in [5.74, 6) is 2.69. The van der Waals surface area contributed by atoms with Crippen LogP contribution in [0.4, 0.5) is 0 Å². The second-order valence-corrected chi connectivity index (χ2v) is 8.30. The highest BCUT2D eigenvalue weighted by atomic mass is 127. The maximum Gasteiger partial charge on any atom is 0.191 e. The molecule has 1 spiro atoms. The second kappa shape index (κ2) is 7.68. The van der Waals surface area contributed by atoms with Crippen LogP contribution in [0.1, 0.15) is 64.7 Å². The van der Waals surface area contributed by atoms with Crippen molar-refractivity contribution in [3.05, 3.63) is 0 Å². The minimum Gasteiger partial charge on any atom is -0.377 e. The highest BCUT2D eigenvalue weighted by Gasteiger charge is 2.66. The Hall–Kier alpha value is -0.0400. The van der Waals surface area contributed by atoms with Crippen LogP contribution in [0.3, 0.4) is 0 Å². The molecule has 3 atom stereocenters. The summed E-state index contributed by atoms with van der Waals surface area (Å²) in [6.45, 7) is 3.29. The molecule has 5 heteroatoms. The lowest BCUT2D eigenvalue weighted by molar-refractivity contribution is -0.171. The van der Waals surface area contributed by atoms with E-state index >= 15 is 0 Å². The van der Waals surface area contributed by atoms with Crippen LogP contribution in [0.5, 0.6) is 0 Å². The number of halogens is 1. The molecule has 2 N–H and O–H groups in total. The molecule has 0 aromatic rings. The first kappa shape index (κ1) is 18.7. The Morgan fingerprint density at radius 2 is 1.88 bits per heavy atom. The number of rotatable bonds is 3. The van der Waals surface area contributed by atoms with Gasteiger partial charge in [-0.15, -0.1) is 24.0 Å². The summed E-state index contributed by atoms with van der Waals surface area (Å²) in [5.41, 5.74) is 0.429. The third kappa shape index (κ3) is 3.08. The fraction of sp³-hybridized carbons (Fsp3) is 0.947. The van der Waals surface area contributed by atoms with Gasteiger partial charge in [0.1, 0.15) is 0 Å². The van der Waals surface area contributed by atoms with E-state index in [1.54, 1.807) is 0 Å². The number of fused-ring (bicyclic) bond motifs is 2. The topological polar surface area (TPSA) is 45.7 Å². The third-order valence-corrected chi connectivity index (χ3v) is 7.32. The second-order valence-electron chi connectivity index (χ2n) is 8.30. The minimum absolute atomic E-state index is 0. The maximum absolute atomic E-state index is 6.03. The standard InChI is InChI=1S/C19H33N3O.HI/c1-3-13-5-7-14(8-6-13)21-18(20-2)22-16-15-9-12-23-17(15)19(16)10-4-11-19;/h13-17H,3-12H2,1-2H3,(H2,20,21,22);1H. The van der Waals surface area contributed by atoms with E-state index in [1.807, 2.05) is 7.05 Å². The first-order valence-corrected chi connectivity index (χ1v) is 9.88. The van der Waals surface area contributed by atoms with Gasteiger partial charge in [-0.2, -0.15) is 0 Å². The molecule has 1 heterocycles. The summed E-state index contributed by atoms with van der Waals surface area (Å²) >= 11 is 0. The largest absolute Gasteiger partial charge is 0.377 e. The predicted molar refractivity (Wildman–Crippen MR) is 109 cm³/mol. The van der Waals surface area contributed by atoms with Crippen LogP contribution in [0, 0.1) is 17.3 Å². The summed E-state index contributed by atoms with van der Waals surface area (Å²) in [6.07, 6.45) is 12.5. The Balaban J connectivity index is 0.00000169. The van der Waals surface area contributed by atoms with Crippen LogP contribution in [0.2, 0.25) is 0 Å². The van der Waals surface area contributed by atoms with Crippen LogP contribution in [-0.4, -0.2) is 37.8 Å². The highest BCUT2D eigenvalue weighted by molar-refractivity contribution is 14.0. The lowest BCUT2D eigenvalue weighted by Gasteiger charge is -2.63. The molecule has 0 amide bonds. The van der Waals surface area contributed by atoms with Crippen LogP contribution < -0.4 is 10.6 Å². The van der Waals surface area contributed by atoms with Gasteiger partial charge >= 0.3 is 0 Å². The van der Waals surface area contributed by atoms with Gasteiger partial charge in [0.15, 0.2) is 5.96 Å². The van der Waals surface area contributed by atoms with Gasteiger partial charge in [0.05, 0.1) is 6.10 Å². The molecule has 1 saturated heterocycles. The molecule has 4 nitrogen and oxygen atoms in total. The smallest absolute Gasteiger partial charge is 0.191 e. The first-order chi connectivity index (χ1) is 11.3. The number of ether oxygens (including phenoxy) is 1. The highest BCUT2D eigenvalue weighted by Crippen LogP contribution is 2.62. The molecule has 1 aliphatic heterocycles. The molecule has 4 rings (SSSR count). The lowest BCUT2D eigenvalue weighted by Crippen LogP contribution is -2.72. The number of hydrogen-bond donors (Lipinski definition) is 2. The van der Waals surface area contributed by atoms with E-state index in [9.17, 15) is 0 Å². The van der Waals surface area contributed by atoms with Crippen molar-refractivity contribution in [2.45, 2.75) is 82.9 Å². The first-order valence-electron chi connectivity index (χ1n) is 9.88. The predicted octanol–water partition coefficient (Wildman–Crippen LogP) is 3.70. The molecular weight excluding hydrogens is 413 g/mol. The maximum atomic E-state index is 6.03. The van der Waals surface area contributed by atoms with Gasteiger partial charge < -0.3 is 15.4 Å². The van der Waals surface area contributed by atoms with E-state index in [1.165, 1.54) is 57.8 Å². The zero-order valence-electron chi connectivity index (χ0n) is 15.2.